The molecule has 1 aromatic rings. The van der Waals surface area contributed by atoms with Crippen molar-refractivity contribution < 1.29 is 8.42 Å². The van der Waals surface area contributed by atoms with Gasteiger partial charge in [-0.3, -0.25) is 0 Å². The third kappa shape index (κ3) is 2.87. The molecule has 1 aromatic carbocycles. The summed E-state index contributed by atoms with van der Waals surface area (Å²) in [7, 11) is -3.11. The summed E-state index contributed by atoms with van der Waals surface area (Å²) in [5.74, 6) is 0.211. The first-order valence-corrected chi connectivity index (χ1v) is 7.83. The van der Waals surface area contributed by atoms with Crippen LogP contribution in [0.1, 0.15) is 30.4 Å². The van der Waals surface area contributed by atoms with Gasteiger partial charge in [-0.2, -0.15) is 0 Å². The standard InChI is InChI=1S/C13H19NO2S/c14-8-1-2-9-17(15,16)13-7-6-11-4-3-5-12(11)10-13/h6-7,10H,1-5,8-9,14H2. The van der Waals surface area contributed by atoms with Gasteiger partial charge in [0.2, 0.25) is 0 Å². The monoisotopic (exact) mass is 253 g/mol. The number of aryl methyl sites for hydroxylation is 2. The van der Waals surface area contributed by atoms with Crippen molar-refractivity contribution in [2.75, 3.05) is 12.3 Å². The molecule has 17 heavy (non-hydrogen) atoms. The molecule has 0 bridgehead atoms. The lowest BCUT2D eigenvalue weighted by molar-refractivity contribution is 0.591. The van der Waals surface area contributed by atoms with Crippen molar-refractivity contribution in [2.45, 2.75) is 37.0 Å². The van der Waals surface area contributed by atoms with Gasteiger partial charge >= 0.3 is 0 Å². The molecule has 3 nitrogen and oxygen atoms in total. The molecule has 0 aromatic heterocycles. The van der Waals surface area contributed by atoms with Crippen molar-refractivity contribution in [3.05, 3.63) is 29.3 Å². The van der Waals surface area contributed by atoms with Crippen molar-refractivity contribution >= 4 is 9.84 Å². The Morgan fingerprint density at radius 1 is 1.12 bits per heavy atom. The lowest BCUT2D eigenvalue weighted by atomic mass is 10.1. The highest BCUT2D eigenvalue weighted by Crippen LogP contribution is 2.25. The van der Waals surface area contributed by atoms with Gasteiger partial charge in [-0.15, -0.1) is 0 Å². The number of fused-ring (bicyclic) bond motifs is 1. The van der Waals surface area contributed by atoms with Gasteiger partial charge in [-0.1, -0.05) is 6.07 Å². The van der Waals surface area contributed by atoms with E-state index in [1.54, 1.807) is 6.07 Å². The van der Waals surface area contributed by atoms with Gasteiger partial charge in [0.25, 0.3) is 0 Å². The average Bonchev–Trinajstić information content (AvgIpc) is 2.76. The van der Waals surface area contributed by atoms with E-state index in [0.717, 1.165) is 25.7 Å². The summed E-state index contributed by atoms with van der Waals surface area (Å²) in [6.07, 6.45) is 4.66. The van der Waals surface area contributed by atoms with Crippen LogP contribution < -0.4 is 5.73 Å². The Morgan fingerprint density at radius 3 is 2.65 bits per heavy atom. The van der Waals surface area contributed by atoms with Crippen molar-refractivity contribution in [1.82, 2.24) is 0 Å². The van der Waals surface area contributed by atoms with Gasteiger partial charge < -0.3 is 5.73 Å². The average molecular weight is 253 g/mol. The third-order valence-corrected chi connectivity index (χ3v) is 5.09. The lowest BCUT2D eigenvalue weighted by Crippen LogP contribution is -2.09. The highest BCUT2D eigenvalue weighted by atomic mass is 32.2. The van der Waals surface area contributed by atoms with Gasteiger partial charge in [0, 0.05) is 0 Å². The second-order valence-electron chi connectivity index (χ2n) is 4.60. The molecule has 2 N–H and O–H groups in total. The molecule has 1 aliphatic carbocycles. The quantitative estimate of drug-likeness (QED) is 0.812. The van der Waals surface area contributed by atoms with Crippen molar-refractivity contribution in [2.24, 2.45) is 5.73 Å². The van der Waals surface area contributed by atoms with Gasteiger partial charge in [-0.05, 0) is 61.9 Å². The number of hydrogen-bond acceptors (Lipinski definition) is 3. The molecule has 4 heteroatoms. The molecule has 0 amide bonds. The second-order valence-corrected chi connectivity index (χ2v) is 6.71. The highest BCUT2D eigenvalue weighted by molar-refractivity contribution is 7.91. The zero-order valence-electron chi connectivity index (χ0n) is 9.98. The lowest BCUT2D eigenvalue weighted by Gasteiger charge is -2.06. The number of rotatable bonds is 5. The molecule has 0 heterocycles. The van der Waals surface area contributed by atoms with E-state index in [-0.39, 0.29) is 5.75 Å². The minimum atomic E-state index is -3.11. The summed E-state index contributed by atoms with van der Waals surface area (Å²) in [4.78, 5) is 0.482. The number of benzene rings is 1. The first kappa shape index (κ1) is 12.6. The van der Waals surface area contributed by atoms with Crippen molar-refractivity contribution in [3.8, 4) is 0 Å². The second kappa shape index (κ2) is 5.19. The van der Waals surface area contributed by atoms with Crippen LogP contribution in [0, 0.1) is 0 Å². The molecule has 0 aliphatic heterocycles. The van der Waals surface area contributed by atoms with E-state index in [2.05, 4.69) is 0 Å². The summed E-state index contributed by atoms with van der Waals surface area (Å²) in [5, 5.41) is 0. The largest absolute Gasteiger partial charge is 0.330 e. The van der Waals surface area contributed by atoms with E-state index in [9.17, 15) is 8.42 Å². The Labute approximate surface area is 103 Å². The molecule has 0 saturated heterocycles. The van der Waals surface area contributed by atoms with E-state index in [4.69, 9.17) is 5.73 Å². The number of hydrogen-bond donors (Lipinski definition) is 1. The molecular weight excluding hydrogens is 234 g/mol. The smallest absolute Gasteiger partial charge is 0.178 e. The van der Waals surface area contributed by atoms with Crippen molar-refractivity contribution in [1.29, 1.82) is 0 Å². The number of unbranched alkanes of at least 4 members (excludes halogenated alkanes) is 1. The van der Waals surface area contributed by atoms with Crippen LogP contribution in [0.3, 0.4) is 0 Å². The van der Waals surface area contributed by atoms with E-state index >= 15 is 0 Å². The maximum Gasteiger partial charge on any atom is 0.178 e. The maximum atomic E-state index is 12.1. The molecule has 0 unspecified atom stereocenters. The molecule has 2 rings (SSSR count). The summed E-state index contributed by atoms with van der Waals surface area (Å²) in [6.45, 7) is 0.555. The van der Waals surface area contributed by atoms with Crippen LogP contribution in [0.4, 0.5) is 0 Å². The molecule has 0 saturated carbocycles. The van der Waals surface area contributed by atoms with Crippen LogP contribution in [0.2, 0.25) is 0 Å². The molecule has 1 aliphatic rings. The van der Waals surface area contributed by atoms with Crippen molar-refractivity contribution in [3.63, 3.8) is 0 Å². The van der Waals surface area contributed by atoms with Crippen LogP contribution >= 0.6 is 0 Å². The molecule has 0 spiro atoms. The summed E-state index contributed by atoms with van der Waals surface area (Å²) in [6, 6.07) is 5.58. The Morgan fingerprint density at radius 2 is 1.88 bits per heavy atom. The number of sulfone groups is 1. The van der Waals surface area contributed by atoms with Crippen LogP contribution in [0.15, 0.2) is 23.1 Å². The molecule has 0 radical (unpaired) electrons. The fourth-order valence-corrected chi connectivity index (χ4v) is 3.71. The summed E-state index contributed by atoms with van der Waals surface area (Å²) in [5.41, 5.74) is 7.90. The topological polar surface area (TPSA) is 60.2 Å². The first-order valence-electron chi connectivity index (χ1n) is 6.18. The van der Waals surface area contributed by atoms with Crippen LogP contribution in [0.5, 0.6) is 0 Å². The zero-order valence-corrected chi connectivity index (χ0v) is 10.8. The van der Waals surface area contributed by atoms with E-state index in [1.807, 2.05) is 12.1 Å². The van der Waals surface area contributed by atoms with Crippen LogP contribution in [0.25, 0.3) is 0 Å². The minimum Gasteiger partial charge on any atom is -0.330 e. The highest BCUT2D eigenvalue weighted by Gasteiger charge is 2.17. The summed E-state index contributed by atoms with van der Waals surface area (Å²) >= 11 is 0. The normalized spacial score (nSPS) is 14.9. The number of nitrogens with two attached hydrogens (primary N) is 1. The van der Waals surface area contributed by atoms with E-state index < -0.39 is 9.84 Å². The molecule has 94 valence electrons. The Balaban J connectivity index is 2.16. The Kier molecular flexibility index (Phi) is 3.84. The predicted octanol–water partition coefficient (Wildman–Crippen LogP) is 1.69. The van der Waals surface area contributed by atoms with Crippen LogP contribution in [-0.4, -0.2) is 20.7 Å². The third-order valence-electron chi connectivity index (χ3n) is 3.30. The van der Waals surface area contributed by atoms with E-state index in [1.165, 1.54) is 11.1 Å². The molecule has 0 fully saturated rings. The summed E-state index contributed by atoms with van der Waals surface area (Å²) < 4.78 is 24.1. The van der Waals surface area contributed by atoms with Gasteiger partial charge in [0.05, 0.1) is 10.6 Å². The predicted molar refractivity (Wildman–Crippen MR) is 68.8 cm³/mol. The van der Waals surface area contributed by atoms with Gasteiger partial charge in [0.15, 0.2) is 9.84 Å². The molecular formula is C13H19NO2S. The first-order chi connectivity index (χ1) is 8.13. The van der Waals surface area contributed by atoms with Crippen LogP contribution in [-0.2, 0) is 22.7 Å². The van der Waals surface area contributed by atoms with Gasteiger partial charge in [0.1, 0.15) is 0 Å². The fourth-order valence-electron chi connectivity index (χ4n) is 2.30. The maximum absolute atomic E-state index is 12.1. The van der Waals surface area contributed by atoms with E-state index in [0.29, 0.717) is 17.9 Å². The Bertz CT molecular complexity index is 494. The minimum absolute atomic E-state index is 0.211. The van der Waals surface area contributed by atoms with Gasteiger partial charge in [-0.25, -0.2) is 8.42 Å². The molecule has 0 atom stereocenters. The zero-order chi connectivity index (χ0) is 12.3. The fraction of sp³-hybridized carbons (Fsp3) is 0.538. The SMILES string of the molecule is NCCCCS(=O)(=O)c1ccc2c(c1)CCC2. The Hall–Kier alpha value is -0.870.